The summed E-state index contributed by atoms with van der Waals surface area (Å²) in [6, 6.07) is 8.51. The summed E-state index contributed by atoms with van der Waals surface area (Å²) >= 11 is 18.9. The quantitative estimate of drug-likeness (QED) is 0.133. The molecule has 4 aromatic rings. The van der Waals surface area contributed by atoms with E-state index in [4.69, 9.17) is 11.6 Å². The van der Waals surface area contributed by atoms with Crippen molar-refractivity contribution in [1.82, 2.24) is 8.75 Å². The molecule has 0 bridgehead atoms. The molecule has 0 aliphatic rings. The Labute approximate surface area is 236 Å². The van der Waals surface area contributed by atoms with Gasteiger partial charge in [-0.25, -0.2) is 0 Å². The average molecular weight is 661 g/mol. The van der Waals surface area contributed by atoms with Crippen molar-refractivity contribution in [1.29, 1.82) is 0 Å². The molecule has 0 saturated heterocycles. The maximum atomic E-state index is 6.85. The lowest BCUT2D eigenvalue weighted by Crippen LogP contribution is -1.86. The van der Waals surface area contributed by atoms with Gasteiger partial charge in [-0.2, -0.15) is 8.75 Å². The number of hydrogen-bond donors (Lipinski definition) is 0. The first-order valence-corrected chi connectivity index (χ1v) is 16.4. The smallest absolute Gasteiger partial charge is 0.115 e. The summed E-state index contributed by atoms with van der Waals surface area (Å²) in [5.74, 6) is 0. The van der Waals surface area contributed by atoms with Crippen molar-refractivity contribution in [3.63, 3.8) is 0 Å². The molecule has 3 aromatic heterocycles. The first-order valence-electron chi connectivity index (χ1n) is 12.1. The van der Waals surface area contributed by atoms with Crippen LogP contribution in [0.3, 0.4) is 0 Å². The Morgan fingerprint density at radius 3 is 2.15 bits per heavy atom. The molecule has 0 fully saturated rings. The molecule has 0 radical (unpaired) electrons. The second-order valence-corrected chi connectivity index (χ2v) is 14.5. The molecule has 3 heterocycles. The number of rotatable bonds is 13. The lowest BCUT2D eigenvalue weighted by atomic mass is 10.0. The Morgan fingerprint density at radius 1 is 0.794 bits per heavy atom. The molecule has 8 heteroatoms. The van der Waals surface area contributed by atoms with Gasteiger partial charge in [0.15, 0.2) is 0 Å². The van der Waals surface area contributed by atoms with E-state index >= 15 is 0 Å². The summed E-state index contributed by atoms with van der Waals surface area (Å²) in [7, 11) is 0. The predicted octanol–water partition coefficient (Wildman–Crippen LogP) is 11.8. The van der Waals surface area contributed by atoms with Crippen molar-refractivity contribution in [2.45, 2.75) is 77.6 Å². The van der Waals surface area contributed by atoms with Gasteiger partial charge in [0.1, 0.15) is 11.0 Å². The number of fused-ring (bicyclic) bond motifs is 1. The van der Waals surface area contributed by atoms with E-state index in [0.29, 0.717) is 0 Å². The topological polar surface area (TPSA) is 25.8 Å². The Kier molecular flexibility index (Phi) is 10.5. The molecular weight excluding hydrogens is 632 g/mol. The Hall–Kier alpha value is -0.310. The molecule has 0 unspecified atom stereocenters. The standard InChI is InChI=1S/C26H29Br2ClN2S3/c1-2-3-4-5-6-7-8-9-10-11-12-17-15-21(33-26(17)28)23-19(29)16-18(20-13-14-22(27)32-20)24-25(23)31-34-30-24/h13-16H,2-12H2,1H3. The number of thiophene rings is 2. The molecule has 0 spiro atoms. The van der Waals surface area contributed by atoms with Crippen molar-refractivity contribution in [3.05, 3.63) is 42.4 Å². The summed E-state index contributed by atoms with van der Waals surface area (Å²) in [6.07, 6.45) is 14.7. The number of unbranched alkanes of at least 4 members (excludes halogenated alkanes) is 9. The molecule has 34 heavy (non-hydrogen) atoms. The van der Waals surface area contributed by atoms with Gasteiger partial charge in [-0.3, -0.25) is 0 Å². The van der Waals surface area contributed by atoms with Gasteiger partial charge in [0.2, 0.25) is 0 Å². The fourth-order valence-electron chi connectivity index (χ4n) is 4.29. The van der Waals surface area contributed by atoms with Gasteiger partial charge in [-0.15, -0.1) is 22.7 Å². The molecule has 0 aliphatic carbocycles. The van der Waals surface area contributed by atoms with Crippen molar-refractivity contribution in [3.8, 4) is 20.9 Å². The summed E-state index contributed by atoms with van der Waals surface area (Å²) in [6.45, 7) is 2.28. The lowest BCUT2D eigenvalue weighted by Gasteiger charge is -2.06. The number of hydrogen-bond acceptors (Lipinski definition) is 5. The summed E-state index contributed by atoms with van der Waals surface area (Å²) in [5.41, 5.74) is 5.26. The molecule has 0 N–H and O–H groups in total. The SMILES string of the molecule is CCCCCCCCCCCCc1cc(-c2c(Cl)cc(-c3ccc(Br)s3)c3nsnc23)sc1Br. The Bertz CT molecular complexity index is 1210. The van der Waals surface area contributed by atoms with Crippen molar-refractivity contribution < 1.29 is 0 Å². The van der Waals surface area contributed by atoms with Crippen LogP contribution in [0.2, 0.25) is 5.02 Å². The monoisotopic (exact) mass is 658 g/mol. The first kappa shape index (κ1) is 26.7. The maximum Gasteiger partial charge on any atom is 0.115 e. The van der Waals surface area contributed by atoms with Crippen LogP contribution in [-0.2, 0) is 6.42 Å². The number of benzene rings is 1. The molecule has 0 atom stereocenters. The highest BCUT2D eigenvalue weighted by Crippen LogP contribution is 2.46. The Morgan fingerprint density at radius 2 is 1.47 bits per heavy atom. The highest BCUT2D eigenvalue weighted by atomic mass is 79.9. The van der Waals surface area contributed by atoms with Crippen molar-refractivity contribution >= 4 is 88.9 Å². The minimum atomic E-state index is 0.735. The van der Waals surface area contributed by atoms with E-state index in [-0.39, 0.29) is 0 Å². The molecular formula is C26H29Br2ClN2S3. The minimum Gasteiger partial charge on any atom is -0.172 e. The lowest BCUT2D eigenvalue weighted by molar-refractivity contribution is 0.556. The van der Waals surface area contributed by atoms with E-state index in [2.05, 4.69) is 71.8 Å². The van der Waals surface area contributed by atoms with Gasteiger partial charge < -0.3 is 0 Å². The van der Waals surface area contributed by atoms with E-state index in [1.165, 1.54) is 85.3 Å². The number of nitrogens with zero attached hydrogens (tertiary/aromatic N) is 2. The van der Waals surface area contributed by atoms with E-state index in [1.54, 1.807) is 22.7 Å². The molecule has 1 aromatic carbocycles. The third-order valence-electron chi connectivity index (χ3n) is 6.13. The fourth-order valence-corrected chi connectivity index (χ4v) is 8.45. The van der Waals surface area contributed by atoms with Crippen LogP contribution < -0.4 is 0 Å². The molecule has 182 valence electrons. The zero-order chi connectivity index (χ0) is 23.9. The van der Waals surface area contributed by atoms with Crippen molar-refractivity contribution in [2.75, 3.05) is 0 Å². The number of halogens is 3. The first-order chi connectivity index (χ1) is 16.6. The summed E-state index contributed by atoms with van der Waals surface area (Å²) < 4.78 is 11.6. The molecule has 0 saturated carbocycles. The maximum absolute atomic E-state index is 6.85. The van der Waals surface area contributed by atoms with Crippen LogP contribution in [0.15, 0.2) is 31.8 Å². The van der Waals surface area contributed by atoms with E-state index in [9.17, 15) is 0 Å². The zero-order valence-corrected chi connectivity index (χ0v) is 25.7. The van der Waals surface area contributed by atoms with Crippen LogP contribution in [0, 0.1) is 0 Å². The van der Waals surface area contributed by atoms with Gasteiger partial charge >= 0.3 is 0 Å². The second kappa shape index (κ2) is 13.3. The van der Waals surface area contributed by atoms with Crippen LogP contribution in [0.5, 0.6) is 0 Å². The highest BCUT2D eigenvalue weighted by molar-refractivity contribution is 9.11. The van der Waals surface area contributed by atoms with Gasteiger partial charge in [0.05, 0.1) is 24.3 Å². The van der Waals surface area contributed by atoms with Crippen molar-refractivity contribution in [2.24, 2.45) is 0 Å². The van der Waals surface area contributed by atoms with E-state index in [1.807, 2.05) is 0 Å². The zero-order valence-electron chi connectivity index (χ0n) is 19.3. The van der Waals surface area contributed by atoms with Gasteiger partial charge in [-0.05, 0) is 74.5 Å². The van der Waals surface area contributed by atoms with Gasteiger partial charge in [-0.1, -0.05) is 76.3 Å². The van der Waals surface area contributed by atoms with Crippen LogP contribution in [-0.4, -0.2) is 8.75 Å². The predicted molar refractivity (Wildman–Crippen MR) is 160 cm³/mol. The number of aromatic nitrogens is 2. The van der Waals surface area contributed by atoms with Crippen LogP contribution in [0.25, 0.3) is 31.9 Å². The molecule has 0 amide bonds. The molecule has 0 aliphatic heterocycles. The summed E-state index contributed by atoms with van der Waals surface area (Å²) in [4.78, 5) is 2.31. The van der Waals surface area contributed by atoms with E-state index in [0.717, 1.165) is 47.1 Å². The normalized spacial score (nSPS) is 11.6. The minimum absolute atomic E-state index is 0.735. The molecule has 2 nitrogen and oxygen atoms in total. The van der Waals surface area contributed by atoms with Crippen LogP contribution in [0.4, 0.5) is 0 Å². The van der Waals surface area contributed by atoms with Crippen LogP contribution in [0.1, 0.15) is 76.7 Å². The molecule has 4 rings (SSSR count). The fraction of sp³-hybridized carbons (Fsp3) is 0.462. The van der Waals surface area contributed by atoms with Gasteiger partial charge in [0, 0.05) is 20.9 Å². The third kappa shape index (κ3) is 6.71. The Balaban J connectivity index is 1.39. The van der Waals surface area contributed by atoms with E-state index < -0.39 is 0 Å². The average Bonchev–Trinajstić information content (AvgIpc) is 3.55. The summed E-state index contributed by atoms with van der Waals surface area (Å²) in [5, 5.41) is 0.735. The third-order valence-corrected chi connectivity index (χ3v) is 10.6. The highest BCUT2D eigenvalue weighted by Gasteiger charge is 2.20. The van der Waals surface area contributed by atoms with Gasteiger partial charge in [0.25, 0.3) is 0 Å². The van der Waals surface area contributed by atoms with Crippen LogP contribution >= 0.6 is 77.9 Å². The largest absolute Gasteiger partial charge is 0.172 e. The number of aryl methyl sites for hydroxylation is 1. The second-order valence-electron chi connectivity index (χ2n) is 8.69.